The Balaban J connectivity index is 0.00000196. The molecule has 0 aliphatic heterocycles. The van der Waals surface area contributed by atoms with E-state index in [0.29, 0.717) is 5.56 Å². The lowest BCUT2D eigenvalue weighted by Gasteiger charge is -2.06. The summed E-state index contributed by atoms with van der Waals surface area (Å²) < 4.78 is 0. The van der Waals surface area contributed by atoms with Crippen LogP contribution in [0.25, 0.3) is 0 Å². The zero-order valence-electron chi connectivity index (χ0n) is 8.04. The number of halogens is 1. The number of carbonyl (C=O) groups excluding carboxylic acids is 1. The van der Waals surface area contributed by atoms with Gasteiger partial charge >= 0.3 is 0 Å². The number of nitrogens with zero attached hydrogens (tertiary/aromatic N) is 1. The Kier molecular flexibility index (Phi) is 4.73. The summed E-state index contributed by atoms with van der Waals surface area (Å²) >= 11 is 0. The highest BCUT2D eigenvalue weighted by molar-refractivity contribution is 5.85. The number of nitro groups is 1. The Morgan fingerprint density at radius 1 is 1.53 bits per heavy atom. The van der Waals surface area contributed by atoms with Crippen LogP contribution in [0.4, 0.5) is 5.69 Å². The van der Waals surface area contributed by atoms with Crippen molar-refractivity contribution in [2.75, 3.05) is 0 Å². The summed E-state index contributed by atoms with van der Waals surface area (Å²) in [5.41, 5.74) is 5.62. The van der Waals surface area contributed by atoms with Crippen molar-refractivity contribution in [3.05, 3.63) is 39.9 Å². The van der Waals surface area contributed by atoms with Crippen LogP contribution in [-0.4, -0.2) is 10.8 Å². The first-order valence-electron chi connectivity index (χ1n) is 4.06. The number of amides is 1. The zero-order chi connectivity index (χ0) is 10.7. The van der Waals surface area contributed by atoms with Gasteiger partial charge in [0.1, 0.15) is 0 Å². The number of hydrogen-bond acceptors (Lipinski definition) is 3. The van der Waals surface area contributed by atoms with Gasteiger partial charge in [-0.15, -0.1) is 12.4 Å². The van der Waals surface area contributed by atoms with Gasteiger partial charge in [0.15, 0.2) is 0 Å². The number of carbonyl (C=O) groups is 1. The lowest BCUT2D eigenvalue weighted by molar-refractivity contribution is -0.384. The van der Waals surface area contributed by atoms with E-state index in [9.17, 15) is 14.9 Å². The van der Waals surface area contributed by atoms with Crippen LogP contribution in [0.1, 0.15) is 18.4 Å². The van der Waals surface area contributed by atoms with E-state index in [0.717, 1.165) is 0 Å². The molecule has 0 spiro atoms. The average molecular weight is 231 g/mol. The molecule has 1 unspecified atom stereocenters. The standard InChI is InChI=1S/C9H10N2O3.ClH/c1-6(9(10)12)7-3-2-4-8(5-7)11(13)14;/h2-6H,1H3,(H2,10,12);1H. The van der Waals surface area contributed by atoms with Gasteiger partial charge in [-0.2, -0.15) is 0 Å². The van der Waals surface area contributed by atoms with E-state index in [-0.39, 0.29) is 18.1 Å². The van der Waals surface area contributed by atoms with Crippen LogP contribution < -0.4 is 5.73 Å². The summed E-state index contributed by atoms with van der Waals surface area (Å²) in [5.74, 6) is -1.000. The van der Waals surface area contributed by atoms with Crippen molar-refractivity contribution in [3.63, 3.8) is 0 Å². The van der Waals surface area contributed by atoms with Crippen molar-refractivity contribution < 1.29 is 9.72 Å². The van der Waals surface area contributed by atoms with E-state index in [1.807, 2.05) is 0 Å². The molecule has 15 heavy (non-hydrogen) atoms. The molecule has 0 saturated carbocycles. The molecule has 1 aromatic rings. The Morgan fingerprint density at radius 2 is 2.13 bits per heavy atom. The summed E-state index contributed by atoms with van der Waals surface area (Å²) in [7, 11) is 0. The quantitative estimate of drug-likeness (QED) is 0.632. The third kappa shape index (κ3) is 3.21. The monoisotopic (exact) mass is 230 g/mol. The number of nitrogens with two attached hydrogens (primary N) is 1. The molecule has 0 aliphatic carbocycles. The van der Waals surface area contributed by atoms with Crippen molar-refractivity contribution in [1.82, 2.24) is 0 Å². The molecule has 82 valence electrons. The van der Waals surface area contributed by atoms with Crippen LogP contribution in [0.5, 0.6) is 0 Å². The fourth-order valence-corrected chi connectivity index (χ4v) is 1.07. The summed E-state index contributed by atoms with van der Waals surface area (Å²) in [4.78, 5) is 20.8. The maximum absolute atomic E-state index is 10.8. The molecule has 6 heteroatoms. The van der Waals surface area contributed by atoms with Gasteiger partial charge in [0.2, 0.25) is 5.91 Å². The molecular formula is C9H11ClN2O3. The normalized spacial score (nSPS) is 11.3. The van der Waals surface area contributed by atoms with Crippen molar-refractivity contribution >= 4 is 24.0 Å². The van der Waals surface area contributed by atoms with Crippen LogP contribution in [0.15, 0.2) is 24.3 Å². The lowest BCUT2D eigenvalue weighted by atomic mass is 10.0. The van der Waals surface area contributed by atoms with Crippen LogP contribution in [-0.2, 0) is 4.79 Å². The second kappa shape index (κ2) is 5.31. The fraction of sp³-hybridized carbons (Fsp3) is 0.222. The zero-order valence-corrected chi connectivity index (χ0v) is 8.86. The van der Waals surface area contributed by atoms with Crippen molar-refractivity contribution in [2.24, 2.45) is 5.73 Å². The summed E-state index contributed by atoms with van der Waals surface area (Å²) in [6.45, 7) is 1.61. The topological polar surface area (TPSA) is 86.2 Å². The summed E-state index contributed by atoms with van der Waals surface area (Å²) in [6, 6.07) is 5.90. The maximum Gasteiger partial charge on any atom is 0.269 e. The van der Waals surface area contributed by atoms with Gasteiger partial charge in [-0.3, -0.25) is 14.9 Å². The number of non-ortho nitro benzene ring substituents is 1. The third-order valence-corrected chi connectivity index (χ3v) is 2.01. The van der Waals surface area contributed by atoms with E-state index in [2.05, 4.69) is 0 Å². The summed E-state index contributed by atoms with van der Waals surface area (Å²) in [5, 5.41) is 10.4. The molecule has 0 fully saturated rings. The number of primary amides is 1. The minimum Gasteiger partial charge on any atom is -0.369 e. The molecule has 1 atom stereocenters. The molecule has 0 bridgehead atoms. The molecule has 0 heterocycles. The van der Waals surface area contributed by atoms with Crippen LogP contribution in [0.2, 0.25) is 0 Å². The SMILES string of the molecule is CC(C(N)=O)c1cccc([N+](=O)[O-])c1.Cl. The molecule has 5 nitrogen and oxygen atoms in total. The van der Waals surface area contributed by atoms with Crippen molar-refractivity contribution in [2.45, 2.75) is 12.8 Å². The van der Waals surface area contributed by atoms with Crippen LogP contribution in [0, 0.1) is 10.1 Å². The van der Waals surface area contributed by atoms with E-state index in [1.54, 1.807) is 13.0 Å². The van der Waals surface area contributed by atoms with E-state index >= 15 is 0 Å². The van der Waals surface area contributed by atoms with Crippen LogP contribution >= 0.6 is 12.4 Å². The Morgan fingerprint density at radius 3 is 2.60 bits per heavy atom. The van der Waals surface area contributed by atoms with Gasteiger partial charge in [-0.05, 0) is 12.5 Å². The predicted molar refractivity (Wildman–Crippen MR) is 58.0 cm³/mol. The van der Waals surface area contributed by atoms with Crippen LogP contribution in [0.3, 0.4) is 0 Å². The molecule has 1 aromatic carbocycles. The molecule has 0 radical (unpaired) electrons. The third-order valence-electron chi connectivity index (χ3n) is 2.01. The van der Waals surface area contributed by atoms with Gasteiger partial charge < -0.3 is 5.73 Å². The van der Waals surface area contributed by atoms with E-state index in [1.165, 1.54) is 18.2 Å². The lowest BCUT2D eigenvalue weighted by Crippen LogP contribution is -2.18. The second-order valence-corrected chi connectivity index (χ2v) is 2.98. The first kappa shape index (κ1) is 13.4. The molecule has 1 rings (SSSR count). The number of hydrogen-bond donors (Lipinski definition) is 1. The average Bonchev–Trinajstić information content (AvgIpc) is 2.16. The number of rotatable bonds is 3. The van der Waals surface area contributed by atoms with E-state index in [4.69, 9.17) is 5.73 Å². The number of nitro benzene ring substituents is 1. The minimum absolute atomic E-state index is 0. The van der Waals surface area contributed by atoms with Crippen molar-refractivity contribution in [3.8, 4) is 0 Å². The predicted octanol–water partition coefficient (Wildman–Crippen LogP) is 1.61. The second-order valence-electron chi connectivity index (χ2n) is 2.98. The summed E-state index contributed by atoms with van der Waals surface area (Å²) in [6.07, 6.45) is 0. The highest BCUT2D eigenvalue weighted by atomic mass is 35.5. The van der Waals surface area contributed by atoms with Gasteiger partial charge in [0.05, 0.1) is 10.8 Å². The first-order chi connectivity index (χ1) is 6.52. The van der Waals surface area contributed by atoms with Gasteiger partial charge in [-0.1, -0.05) is 12.1 Å². The maximum atomic E-state index is 10.8. The Labute approximate surface area is 92.8 Å². The van der Waals surface area contributed by atoms with Gasteiger partial charge in [-0.25, -0.2) is 0 Å². The minimum atomic E-state index is -0.505. The fourth-order valence-electron chi connectivity index (χ4n) is 1.07. The Hall–Kier alpha value is -1.62. The van der Waals surface area contributed by atoms with Crippen molar-refractivity contribution in [1.29, 1.82) is 0 Å². The Bertz CT molecular complexity index is 381. The molecule has 1 amide bonds. The molecular weight excluding hydrogens is 220 g/mol. The molecule has 2 N–H and O–H groups in total. The largest absolute Gasteiger partial charge is 0.369 e. The first-order valence-corrected chi connectivity index (χ1v) is 4.06. The highest BCUT2D eigenvalue weighted by Gasteiger charge is 2.14. The molecule has 0 saturated heterocycles. The van der Waals surface area contributed by atoms with E-state index < -0.39 is 16.7 Å². The smallest absolute Gasteiger partial charge is 0.269 e. The van der Waals surface area contributed by atoms with Gasteiger partial charge in [0.25, 0.3) is 5.69 Å². The number of benzene rings is 1. The molecule has 0 aromatic heterocycles. The van der Waals surface area contributed by atoms with Gasteiger partial charge in [0, 0.05) is 12.1 Å². The highest BCUT2D eigenvalue weighted by Crippen LogP contribution is 2.19. The molecule has 0 aliphatic rings.